The minimum atomic E-state index is -0.327. The minimum absolute atomic E-state index is 0.327. The van der Waals surface area contributed by atoms with Gasteiger partial charge >= 0.3 is 5.97 Å². The van der Waals surface area contributed by atoms with Gasteiger partial charge in [-0.2, -0.15) is 30.7 Å². The summed E-state index contributed by atoms with van der Waals surface area (Å²) in [5.41, 5.74) is 6.03. The van der Waals surface area contributed by atoms with Crippen LogP contribution in [0.5, 0.6) is 0 Å². The molecule has 212 valence electrons. The summed E-state index contributed by atoms with van der Waals surface area (Å²) in [6.45, 7) is 4.73. The van der Waals surface area contributed by atoms with E-state index in [-0.39, 0.29) is 5.97 Å². The molecule has 4 aromatic carbocycles. The van der Waals surface area contributed by atoms with Crippen molar-refractivity contribution in [3.05, 3.63) is 103 Å². The second kappa shape index (κ2) is 14.5. The zero-order valence-corrected chi connectivity index (χ0v) is 23.6. The number of carbonyl (C=O) groups excluding carboxylic acids is 1. The van der Waals surface area contributed by atoms with E-state index in [2.05, 4.69) is 54.6 Å². The lowest BCUT2D eigenvalue weighted by molar-refractivity contribution is 0.0500. The maximum atomic E-state index is 12.0. The van der Waals surface area contributed by atoms with Crippen molar-refractivity contribution < 1.29 is 9.53 Å². The number of unbranched alkanes of at least 4 members (excludes halogenated alkanes) is 1. The summed E-state index contributed by atoms with van der Waals surface area (Å²) in [6, 6.07) is 29.8. The van der Waals surface area contributed by atoms with Crippen molar-refractivity contribution in [2.45, 2.75) is 32.6 Å². The van der Waals surface area contributed by atoms with Gasteiger partial charge in [0, 0.05) is 18.8 Å². The average molecular weight is 560 g/mol. The first-order valence-corrected chi connectivity index (χ1v) is 14.2. The smallest absolute Gasteiger partial charge is 0.338 e. The Labute approximate surface area is 245 Å². The lowest BCUT2D eigenvalue weighted by Gasteiger charge is -2.17. The van der Waals surface area contributed by atoms with E-state index < -0.39 is 0 Å². The highest BCUT2D eigenvalue weighted by Crippen LogP contribution is 2.27. The molecule has 1 heterocycles. The minimum Gasteiger partial charge on any atom is -0.462 e. The SMILES string of the molecule is CCCCOC(=O)c1ccc(N=Nc2ccc(N=Nc3ccc(N=Nc4ccc(N5CCCC5)cc4)cc3)cc2)cc1. The van der Waals surface area contributed by atoms with E-state index in [1.807, 2.05) is 60.7 Å². The van der Waals surface area contributed by atoms with Gasteiger partial charge in [0.05, 0.1) is 46.3 Å². The van der Waals surface area contributed by atoms with Gasteiger partial charge in [-0.15, -0.1) is 0 Å². The second-order valence-electron chi connectivity index (χ2n) is 9.88. The van der Waals surface area contributed by atoms with E-state index in [4.69, 9.17) is 4.74 Å². The molecule has 1 fully saturated rings. The first kappa shape index (κ1) is 28.5. The first-order chi connectivity index (χ1) is 20.7. The molecule has 5 rings (SSSR count). The molecule has 0 radical (unpaired) electrons. The number of esters is 1. The van der Waals surface area contributed by atoms with Crippen LogP contribution < -0.4 is 4.90 Å². The molecule has 0 aromatic heterocycles. The zero-order chi connectivity index (χ0) is 29.0. The maximum absolute atomic E-state index is 12.0. The average Bonchev–Trinajstić information content (AvgIpc) is 3.59. The van der Waals surface area contributed by atoms with Crippen molar-refractivity contribution in [3.63, 3.8) is 0 Å². The van der Waals surface area contributed by atoms with Crippen LogP contribution in [0.4, 0.5) is 39.8 Å². The van der Waals surface area contributed by atoms with Crippen LogP contribution in [0.1, 0.15) is 43.0 Å². The molecule has 1 aliphatic rings. The fraction of sp³-hybridized carbons (Fsp3) is 0.242. The monoisotopic (exact) mass is 559 g/mol. The van der Waals surface area contributed by atoms with E-state index in [0.29, 0.717) is 34.9 Å². The zero-order valence-electron chi connectivity index (χ0n) is 23.6. The van der Waals surface area contributed by atoms with Crippen molar-refractivity contribution in [1.82, 2.24) is 0 Å². The Hall–Kier alpha value is -5.05. The van der Waals surface area contributed by atoms with Crippen molar-refractivity contribution in [2.75, 3.05) is 24.6 Å². The van der Waals surface area contributed by atoms with Crippen LogP contribution >= 0.6 is 0 Å². The molecule has 0 N–H and O–H groups in total. The summed E-state index contributed by atoms with van der Waals surface area (Å²) in [6.07, 6.45) is 4.35. The Morgan fingerprint density at radius 2 is 0.952 bits per heavy atom. The van der Waals surface area contributed by atoms with Gasteiger partial charge < -0.3 is 9.64 Å². The third-order valence-electron chi connectivity index (χ3n) is 6.70. The third-order valence-corrected chi connectivity index (χ3v) is 6.70. The number of rotatable bonds is 11. The fourth-order valence-corrected chi connectivity index (χ4v) is 4.28. The topological polar surface area (TPSA) is 104 Å². The number of carbonyl (C=O) groups is 1. The van der Waals surface area contributed by atoms with Crippen LogP contribution in [0.3, 0.4) is 0 Å². The summed E-state index contributed by atoms with van der Waals surface area (Å²) >= 11 is 0. The molecule has 0 spiro atoms. The number of benzene rings is 4. The highest BCUT2D eigenvalue weighted by Gasteiger charge is 2.11. The van der Waals surface area contributed by atoms with Gasteiger partial charge in [-0.05, 0) is 116 Å². The highest BCUT2D eigenvalue weighted by atomic mass is 16.5. The molecule has 42 heavy (non-hydrogen) atoms. The van der Waals surface area contributed by atoms with Crippen LogP contribution in [0.15, 0.2) is 128 Å². The highest BCUT2D eigenvalue weighted by molar-refractivity contribution is 5.89. The Bertz CT molecular complexity index is 1520. The van der Waals surface area contributed by atoms with Gasteiger partial charge in [-0.25, -0.2) is 4.79 Å². The molecule has 9 heteroatoms. The van der Waals surface area contributed by atoms with E-state index in [1.165, 1.54) is 18.5 Å². The lowest BCUT2D eigenvalue weighted by atomic mass is 10.2. The van der Waals surface area contributed by atoms with Crippen LogP contribution in [0.2, 0.25) is 0 Å². The standard InChI is InChI=1S/C33H33N7O2/c1-2-3-24-42-33(41)25-6-8-26(9-7-25)34-35-27-10-12-28(13-11-27)36-37-29-14-16-30(17-15-29)38-39-31-18-20-32(21-19-31)40-22-4-5-23-40/h6-21H,2-5,22-24H2,1H3. The summed E-state index contributed by atoms with van der Waals surface area (Å²) in [5.74, 6) is -0.327. The molecule has 1 aliphatic heterocycles. The Balaban J connectivity index is 1.11. The molecular formula is C33H33N7O2. The van der Waals surface area contributed by atoms with Crippen molar-refractivity contribution in [1.29, 1.82) is 0 Å². The van der Waals surface area contributed by atoms with Crippen LogP contribution in [0.25, 0.3) is 0 Å². The molecule has 4 aromatic rings. The van der Waals surface area contributed by atoms with E-state index in [0.717, 1.165) is 37.3 Å². The molecule has 0 aliphatic carbocycles. The largest absolute Gasteiger partial charge is 0.462 e. The predicted octanol–water partition coefficient (Wildman–Crippen LogP) is 10.5. The van der Waals surface area contributed by atoms with Crippen LogP contribution in [-0.2, 0) is 4.74 Å². The van der Waals surface area contributed by atoms with Gasteiger partial charge in [-0.3, -0.25) is 0 Å². The molecule has 0 bridgehead atoms. The van der Waals surface area contributed by atoms with Crippen LogP contribution in [-0.4, -0.2) is 25.7 Å². The molecule has 0 saturated carbocycles. The van der Waals surface area contributed by atoms with E-state index in [1.54, 1.807) is 24.3 Å². The molecule has 1 saturated heterocycles. The number of hydrogen-bond acceptors (Lipinski definition) is 9. The fourth-order valence-electron chi connectivity index (χ4n) is 4.28. The quantitative estimate of drug-likeness (QED) is 0.104. The van der Waals surface area contributed by atoms with E-state index >= 15 is 0 Å². The van der Waals surface area contributed by atoms with Crippen molar-refractivity contribution >= 4 is 45.8 Å². The lowest BCUT2D eigenvalue weighted by Crippen LogP contribution is -2.17. The van der Waals surface area contributed by atoms with Crippen LogP contribution in [0, 0.1) is 0 Å². The summed E-state index contributed by atoms with van der Waals surface area (Å²) in [4.78, 5) is 14.4. The molecule has 9 nitrogen and oxygen atoms in total. The van der Waals surface area contributed by atoms with Gasteiger partial charge in [0.2, 0.25) is 0 Å². The van der Waals surface area contributed by atoms with Gasteiger partial charge in [0.25, 0.3) is 0 Å². The Morgan fingerprint density at radius 1 is 0.595 bits per heavy atom. The maximum Gasteiger partial charge on any atom is 0.338 e. The van der Waals surface area contributed by atoms with E-state index in [9.17, 15) is 4.79 Å². The third kappa shape index (κ3) is 8.23. The molecule has 0 amide bonds. The second-order valence-corrected chi connectivity index (χ2v) is 9.88. The van der Waals surface area contributed by atoms with Crippen molar-refractivity contribution in [2.24, 2.45) is 30.7 Å². The predicted molar refractivity (Wildman–Crippen MR) is 165 cm³/mol. The van der Waals surface area contributed by atoms with Gasteiger partial charge in [0.15, 0.2) is 0 Å². The normalized spacial score (nSPS) is 13.5. The molecular weight excluding hydrogens is 526 g/mol. The summed E-state index contributed by atoms with van der Waals surface area (Å²) in [5, 5.41) is 25.8. The summed E-state index contributed by atoms with van der Waals surface area (Å²) in [7, 11) is 0. The number of anilines is 1. The van der Waals surface area contributed by atoms with Gasteiger partial charge in [0.1, 0.15) is 0 Å². The summed E-state index contributed by atoms with van der Waals surface area (Å²) < 4.78 is 5.22. The van der Waals surface area contributed by atoms with Gasteiger partial charge in [-0.1, -0.05) is 13.3 Å². The number of ether oxygens (including phenoxy) is 1. The Kier molecular flexibility index (Phi) is 9.86. The Morgan fingerprint density at radius 3 is 1.33 bits per heavy atom. The molecule has 0 atom stereocenters. The molecule has 0 unspecified atom stereocenters. The number of hydrogen-bond donors (Lipinski definition) is 0. The van der Waals surface area contributed by atoms with Crippen molar-refractivity contribution in [3.8, 4) is 0 Å². The number of nitrogens with zero attached hydrogens (tertiary/aromatic N) is 7. The first-order valence-electron chi connectivity index (χ1n) is 14.2. The number of azo groups is 3.